The molecule has 0 atom stereocenters. The standard InChI is InChI=1S/C17H11Br2FN2O/c18-13-4-2-1-3-12(13)6-8-16-21-22-17(23-16)10-11-5-7-14(19)15(20)9-11/h1-9H,10H2/b8-6+. The molecule has 0 amide bonds. The third-order valence-corrected chi connectivity index (χ3v) is 4.50. The van der Waals surface area contributed by atoms with Gasteiger partial charge in [0.2, 0.25) is 11.8 Å². The van der Waals surface area contributed by atoms with Crippen LogP contribution in [0.4, 0.5) is 4.39 Å². The Morgan fingerprint density at radius 3 is 2.61 bits per heavy atom. The maximum Gasteiger partial charge on any atom is 0.240 e. The van der Waals surface area contributed by atoms with Gasteiger partial charge in [0.1, 0.15) is 5.82 Å². The van der Waals surface area contributed by atoms with Crippen LogP contribution >= 0.6 is 31.9 Å². The van der Waals surface area contributed by atoms with Crippen molar-refractivity contribution in [3.05, 3.63) is 80.1 Å². The Kier molecular flexibility index (Phi) is 5.03. The van der Waals surface area contributed by atoms with Gasteiger partial charge in [-0.05, 0) is 51.3 Å². The van der Waals surface area contributed by atoms with Gasteiger partial charge in [-0.15, -0.1) is 10.2 Å². The molecule has 0 aliphatic heterocycles. The SMILES string of the molecule is Fc1cc(Cc2nnc(/C=C/c3ccccc3Br)o2)ccc1Br. The fourth-order valence-corrected chi connectivity index (χ4v) is 2.66. The summed E-state index contributed by atoms with van der Waals surface area (Å²) in [5, 5.41) is 7.96. The van der Waals surface area contributed by atoms with E-state index in [1.54, 1.807) is 12.1 Å². The van der Waals surface area contributed by atoms with Gasteiger partial charge in [-0.3, -0.25) is 0 Å². The molecule has 0 bridgehead atoms. The predicted octanol–water partition coefficient (Wildman–Crippen LogP) is 5.49. The smallest absolute Gasteiger partial charge is 0.240 e. The minimum atomic E-state index is -0.309. The fraction of sp³-hybridized carbons (Fsp3) is 0.0588. The van der Waals surface area contributed by atoms with Crippen molar-refractivity contribution in [3.8, 4) is 0 Å². The van der Waals surface area contributed by atoms with Crippen molar-refractivity contribution >= 4 is 44.0 Å². The zero-order chi connectivity index (χ0) is 16.2. The third-order valence-electron chi connectivity index (χ3n) is 3.13. The second-order valence-electron chi connectivity index (χ2n) is 4.81. The maximum absolute atomic E-state index is 13.5. The Morgan fingerprint density at radius 2 is 1.83 bits per heavy atom. The first-order valence-electron chi connectivity index (χ1n) is 6.81. The second-order valence-corrected chi connectivity index (χ2v) is 6.52. The van der Waals surface area contributed by atoms with Crippen LogP contribution in [0.15, 0.2) is 55.8 Å². The van der Waals surface area contributed by atoms with Crippen LogP contribution in [0.5, 0.6) is 0 Å². The van der Waals surface area contributed by atoms with E-state index < -0.39 is 0 Å². The summed E-state index contributed by atoms with van der Waals surface area (Å²) in [6, 6.07) is 12.8. The number of halogens is 3. The van der Waals surface area contributed by atoms with Crippen LogP contribution in [0.3, 0.4) is 0 Å². The summed E-state index contributed by atoms with van der Waals surface area (Å²) in [6.07, 6.45) is 4.03. The lowest BCUT2D eigenvalue weighted by molar-refractivity contribution is 0.496. The van der Waals surface area contributed by atoms with Crippen LogP contribution in [0, 0.1) is 5.82 Å². The van der Waals surface area contributed by atoms with Crippen molar-refractivity contribution in [1.82, 2.24) is 10.2 Å². The lowest BCUT2D eigenvalue weighted by atomic mass is 10.1. The van der Waals surface area contributed by atoms with Crippen molar-refractivity contribution in [2.75, 3.05) is 0 Å². The Balaban J connectivity index is 1.73. The molecule has 0 spiro atoms. The summed E-state index contributed by atoms with van der Waals surface area (Å²) in [5.74, 6) is 0.544. The molecule has 0 saturated heterocycles. The minimum absolute atomic E-state index is 0.309. The molecule has 1 aromatic heterocycles. The largest absolute Gasteiger partial charge is 0.421 e. The molecule has 2 aromatic carbocycles. The molecule has 0 N–H and O–H groups in total. The van der Waals surface area contributed by atoms with Crippen molar-refractivity contribution in [3.63, 3.8) is 0 Å². The molecular formula is C17H11Br2FN2O. The topological polar surface area (TPSA) is 38.9 Å². The van der Waals surface area contributed by atoms with E-state index in [1.165, 1.54) is 6.07 Å². The molecular weight excluding hydrogens is 427 g/mol. The van der Waals surface area contributed by atoms with Crippen molar-refractivity contribution in [2.45, 2.75) is 6.42 Å². The first-order valence-corrected chi connectivity index (χ1v) is 8.39. The van der Waals surface area contributed by atoms with Gasteiger partial charge in [0.15, 0.2) is 0 Å². The summed E-state index contributed by atoms with van der Waals surface area (Å²) in [7, 11) is 0. The van der Waals surface area contributed by atoms with E-state index in [2.05, 4.69) is 42.1 Å². The molecule has 3 aromatic rings. The van der Waals surface area contributed by atoms with E-state index in [-0.39, 0.29) is 5.82 Å². The zero-order valence-corrected chi connectivity index (χ0v) is 15.0. The highest BCUT2D eigenvalue weighted by atomic mass is 79.9. The average Bonchev–Trinajstić information content (AvgIpc) is 2.98. The van der Waals surface area contributed by atoms with Crippen molar-refractivity contribution in [2.24, 2.45) is 0 Å². The van der Waals surface area contributed by atoms with E-state index in [9.17, 15) is 4.39 Å². The Morgan fingerprint density at radius 1 is 1.00 bits per heavy atom. The number of aromatic nitrogens is 2. The summed E-state index contributed by atoms with van der Waals surface area (Å²) >= 11 is 6.60. The molecule has 3 nitrogen and oxygen atoms in total. The van der Waals surface area contributed by atoms with Gasteiger partial charge in [0.25, 0.3) is 0 Å². The first-order chi connectivity index (χ1) is 11.1. The molecule has 1 heterocycles. The van der Waals surface area contributed by atoms with E-state index in [4.69, 9.17) is 4.42 Å². The molecule has 6 heteroatoms. The molecule has 0 aliphatic rings. The van der Waals surface area contributed by atoms with Crippen molar-refractivity contribution < 1.29 is 8.81 Å². The van der Waals surface area contributed by atoms with Gasteiger partial charge >= 0.3 is 0 Å². The molecule has 3 rings (SSSR count). The van der Waals surface area contributed by atoms with Crippen LogP contribution in [-0.2, 0) is 6.42 Å². The van der Waals surface area contributed by atoms with Gasteiger partial charge in [-0.25, -0.2) is 4.39 Å². The highest BCUT2D eigenvalue weighted by molar-refractivity contribution is 9.10. The number of nitrogens with zero attached hydrogens (tertiary/aromatic N) is 2. The van der Waals surface area contributed by atoms with Crippen LogP contribution in [0.2, 0.25) is 0 Å². The van der Waals surface area contributed by atoms with Crippen LogP contribution in [0.25, 0.3) is 12.2 Å². The minimum Gasteiger partial charge on any atom is -0.421 e. The molecule has 0 fully saturated rings. The lowest BCUT2D eigenvalue weighted by Crippen LogP contribution is -1.90. The zero-order valence-electron chi connectivity index (χ0n) is 11.8. The maximum atomic E-state index is 13.5. The van der Waals surface area contributed by atoms with Gasteiger partial charge in [-0.2, -0.15) is 0 Å². The predicted molar refractivity (Wildman–Crippen MR) is 94.3 cm³/mol. The van der Waals surface area contributed by atoms with Gasteiger partial charge < -0.3 is 4.42 Å². The van der Waals surface area contributed by atoms with Crippen LogP contribution in [0.1, 0.15) is 22.9 Å². The van der Waals surface area contributed by atoms with E-state index >= 15 is 0 Å². The molecule has 23 heavy (non-hydrogen) atoms. The monoisotopic (exact) mass is 436 g/mol. The number of rotatable bonds is 4. The molecule has 0 aliphatic carbocycles. The Hall–Kier alpha value is -1.79. The summed E-state index contributed by atoms with van der Waals surface area (Å²) in [5.41, 5.74) is 1.79. The van der Waals surface area contributed by atoms with Crippen LogP contribution < -0.4 is 0 Å². The van der Waals surface area contributed by atoms with Crippen molar-refractivity contribution in [1.29, 1.82) is 0 Å². The normalized spacial score (nSPS) is 11.3. The van der Waals surface area contributed by atoms with E-state index in [0.717, 1.165) is 15.6 Å². The summed E-state index contributed by atoms with van der Waals surface area (Å²) < 4.78 is 20.5. The second kappa shape index (κ2) is 7.19. The Bertz CT molecular complexity index is 861. The summed E-state index contributed by atoms with van der Waals surface area (Å²) in [4.78, 5) is 0. The van der Waals surface area contributed by atoms with Gasteiger partial charge in [0.05, 0.1) is 10.9 Å². The number of hydrogen-bond acceptors (Lipinski definition) is 3. The fourth-order valence-electron chi connectivity index (χ4n) is 2.00. The molecule has 0 unspecified atom stereocenters. The third kappa shape index (κ3) is 4.14. The summed E-state index contributed by atoms with van der Waals surface area (Å²) in [6.45, 7) is 0. The number of hydrogen-bond donors (Lipinski definition) is 0. The highest BCUT2D eigenvalue weighted by Gasteiger charge is 2.07. The highest BCUT2D eigenvalue weighted by Crippen LogP contribution is 2.20. The van der Waals surface area contributed by atoms with E-state index in [0.29, 0.717) is 22.7 Å². The van der Waals surface area contributed by atoms with Gasteiger partial charge in [0, 0.05) is 10.5 Å². The Labute approximate surface area is 149 Å². The number of benzene rings is 2. The molecule has 0 radical (unpaired) electrons. The van der Waals surface area contributed by atoms with Crippen LogP contribution in [-0.4, -0.2) is 10.2 Å². The lowest BCUT2D eigenvalue weighted by Gasteiger charge is -1.99. The molecule has 116 valence electrons. The first kappa shape index (κ1) is 16.1. The molecule has 0 saturated carbocycles. The quantitative estimate of drug-likeness (QED) is 0.541. The van der Waals surface area contributed by atoms with E-state index in [1.807, 2.05) is 36.4 Å². The average molecular weight is 438 g/mol. The van der Waals surface area contributed by atoms with Gasteiger partial charge in [-0.1, -0.05) is 40.2 Å².